The topological polar surface area (TPSA) is 172 Å². The van der Waals surface area contributed by atoms with E-state index in [9.17, 15) is 25.9 Å². The van der Waals surface area contributed by atoms with Crippen LogP contribution in [0.4, 0.5) is 0 Å². The first kappa shape index (κ1) is 34.3. The quantitative estimate of drug-likeness (QED) is 0.186. The van der Waals surface area contributed by atoms with E-state index in [0.717, 1.165) is 0 Å². The van der Waals surface area contributed by atoms with Crippen molar-refractivity contribution in [2.75, 3.05) is 0 Å². The molecule has 8 nitrogen and oxygen atoms in total. The van der Waals surface area contributed by atoms with Crippen LogP contribution in [-0.4, -0.2) is 36.9 Å². The Labute approximate surface area is 270 Å². The van der Waals surface area contributed by atoms with E-state index in [2.05, 4.69) is 0 Å². The second kappa shape index (κ2) is 14.5. The molecule has 3 rings (SSSR count). The third-order valence-corrected chi connectivity index (χ3v) is 8.47. The van der Waals surface area contributed by atoms with Crippen LogP contribution in [0, 0.1) is 0 Å². The van der Waals surface area contributed by atoms with Gasteiger partial charge in [0.15, 0.2) is 0 Å². The van der Waals surface area contributed by atoms with Gasteiger partial charge in [-0.2, -0.15) is 16.8 Å². The summed E-state index contributed by atoms with van der Waals surface area (Å²) in [5.41, 5.74) is 0. The van der Waals surface area contributed by atoms with Crippen molar-refractivity contribution in [1.29, 1.82) is 0 Å². The standard InChI is InChI=1S/C18H15O6PS2.2K.2H2O.2H/c19-26(20,21)17-12-6-4-10-15(17)25(14-8-2-1-3-9-14)16-11-5-7-13-18(16)27(22,23)24;;;;;;/h1-13H,(H,19,20,21)(H,22,23,24);;;2*1H2;;/q;2*+1;;;2*-1. The van der Waals surface area contributed by atoms with Gasteiger partial charge in [-0.1, -0.05) is 66.7 Å². The summed E-state index contributed by atoms with van der Waals surface area (Å²) in [4.78, 5) is -0.602. The van der Waals surface area contributed by atoms with Crippen LogP contribution in [0.3, 0.4) is 0 Å². The minimum absolute atomic E-state index is 0. The third-order valence-electron chi connectivity index (χ3n) is 3.78. The molecule has 0 amide bonds. The van der Waals surface area contributed by atoms with Gasteiger partial charge in [0.1, 0.15) is 9.79 Å². The summed E-state index contributed by atoms with van der Waals surface area (Å²) >= 11 is 0. The average molecular weight is 539 g/mol. The minimum atomic E-state index is -4.54. The van der Waals surface area contributed by atoms with Crippen molar-refractivity contribution >= 4 is 44.1 Å². The van der Waals surface area contributed by atoms with Gasteiger partial charge in [-0.05, 0) is 25.4 Å². The molecule has 0 aliphatic heterocycles. The molecule has 3 aromatic carbocycles. The van der Waals surface area contributed by atoms with Crippen molar-refractivity contribution in [2.24, 2.45) is 0 Å². The van der Waals surface area contributed by atoms with Gasteiger partial charge in [-0.25, -0.2) is 0 Å². The van der Waals surface area contributed by atoms with Crippen molar-refractivity contribution < 1.29 is 143 Å². The Balaban J connectivity index is -0.000000701. The first-order chi connectivity index (χ1) is 12.7. The summed E-state index contributed by atoms with van der Waals surface area (Å²) in [7, 11) is -10.8. The molecule has 0 aliphatic rings. The molecule has 0 radical (unpaired) electrons. The maximum absolute atomic E-state index is 11.9. The molecule has 0 saturated carbocycles. The van der Waals surface area contributed by atoms with E-state index in [1.165, 1.54) is 36.4 Å². The summed E-state index contributed by atoms with van der Waals surface area (Å²) in [6, 6.07) is 20.5. The maximum Gasteiger partial charge on any atom is 1.00 e. The van der Waals surface area contributed by atoms with Crippen LogP contribution in [0.25, 0.3) is 0 Å². The fourth-order valence-electron chi connectivity index (χ4n) is 2.71. The molecule has 0 spiro atoms. The van der Waals surface area contributed by atoms with Gasteiger partial charge in [0.25, 0.3) is 20.2 Å². The van der Waals surface area contributed by atoms with Gasteiger partial charge < -0.3 is 13.8 Å². The van der Waals surface area contributed by atoms with Gasteiger partial charge in [0.05, 0.1) is 0 Å². The van der Waals surface area contributed by atoms with Crippen LogP contribution < -0.4 is 119 Å². The first-order valence-corrected chi connectivity index (χ1v) is 11.9. The van der Waals surface area contributed by atoms with Gasteiger partial charge in [0.2, 0.25) is 0 Å². The van der Waals surface area contributed by atoms with Gasteiger partial charge >= 0.3 is 103 Å². The van der Waals surface area contributed by atoms with Crippen LogP contribution in [-0.2, 0) is 20.2 Å². The molecule has 6 N–H and O–H groups in total. The Morgan fingerprint density at radius 1 is 0.581 bits per heavy atom. The Hall–Kier alpha value is 1.10. The van der Waals surface area contributed by atoms with Gasteiger partial charge in [0, 0.05) is 10.6 Å². The third kappa shape index (κ3) is 8.68. The smallest absolute Gasteiger partial charge is 1.00 e. The molecule has 0 heterocycles. The average Bonchev–Trinajstić information content (AvgIpc) is 2.62. The normalized spacial score (nSPS) is 10.7. The minimum Gasteiger partial charge on any atom is -1.00 e. The van der Waals surface area contributed by atoms with E-state index in [1.807, 2.05) is 0 Å². The molecule has 0 aliphatic carbocycles. The molecule has 13 heteroatoms. The molecule has 160 valence electrons. The second-order valence-corrected chi connectivity index (χ2v) is 10.5. The van der Waals surface area contributed by atoms with E-state index in [1.54, 1.807) is 42.5 Å². The molecule has 0 atom stereocenters. The molecular weight excluding hydrogens is 517 g/mol. The molecule has 0 bridgehead atoms. The maximum atomic E-state index is 11.9. The molecule has 31 heavy (non-hydrogen) atoms. The first-order valence-electron chi connectivity index (χ1n) is 7.68. The molecule has 0 fully saturated rings. The molecule has 0 saturated heterocycles. The zero-order valence-corrected chi connectivity index (χ0v) is 25.6. The van der Waals surface area contributed by atoms with Gasteiger partial charge in [-0.15, -0.1) is 0 Å². The van der Waals surface area contributed by atoms with Crippen molar-refractivity contribution in [1.82, 2.24) is 0 Å². The van der Waals surface area contributed by atoms with E-state index in [-0.39, 0.29) is 137 Å². The number of benzene rings is 3. The summed E-state index contributed by atoms with van der Waals surface area (Å²) in [5, 5.41) is 1.19. The zero-order valence-electron chi connectivity index (χ0n) is 18.8. The SMILES string of the molecule is O.O.O=S(=O)(O)c1ccccc1P(c1ccccc1)c1ccccc1S(=O)(=O)O.[H-].[H-].[K+].[K+]. The Morgan fingerprint density at radius 3 is 1.26 bits per heavy atom. The van der Waals surface area contributed by atoms with Crippen molar-refractivity contribution in [2.45, 2.75) is 9.79 Å². The van der Waals surface area contributed by atoms with Crippen LogP contribution >= 0.6 is 7.92 Å². The van der Waals surface area contributed by atoms with E-state index >= 15 is 0 Å². The van der Waals surface area contributed by atoms with Crippen molar-refractivity contribution in [3.8, 4) is 0 Å². The molecule has 0 unspecified atom stereocenters. The predicted octanol–water partition coefficient (Wildman–Crippen LogP) is -5.48. The summed E-state index contributed by atoms with van der Waals surface area (Å²) in [6.07, 6.45) is 0. The Morgan fingerprint density at radius 2 is 0.903 bits per heavy atom. The summed E-state index contributed by atoms with van der Waals surface area (Å²) in [5.74, 6) is 0. The van der Waals surface area contributed by atoms with E-state index < -0.39 is 28.2 Å². The van der Waals surface area contributed by atoms with Crippen LogP contribution in [0.15, 0.2) is 88.7 Å². The Bertz CT molecular complexity index is 1130. The second-order valence-electron chi connectivity index (χ2n) is 5.56. The largest absolute Gasteiger partial charge is 1.00 e. The molecule has 0 aromatic heterocycles. The van der Waals surface area contributed by atoms with E-state index in [4.69, 9.17) is 0 Å². The molecule has 3 aromatic rings. The number of hydrogen-bond donors (Lipinski definition) is 2. The monoisotopic (exact) mass is 538 g/mol. The van der Waals surface area contributed by atoms with Crippen LogP contribution in [0.5, 0.6) is 0 Å². The summed E-state index contributed by atoms with van der Waals surface area (Å²) in [6.45, 7) is 0. The number of hydrogen-bond acceptors (Lipinski definition) is 4. The zero-order chi connectivity index (χ0) is 19.7. The fourth-order valence-corrected chi connectivity index (χ4v) is 7.46. The van der Waals surface area contributed by atoms with Crippen molar-refractivity contribution in [3.63, 3.8) is 0 Å². The van der Waals surface area contributed by atoms with Crippen LogP contribution in [0.1, 0.15) is 2.85 Å². The van der Waals surface area contributed by atoms with Gasteiger partial charge in [-0.3, -0.25) is 9.11 Å². The fraction of sp³-hybridized carbons (Fsp3) is 0. The Kier molecular flexibility index (Phi) is 16.0. The predicted molar refractivity (Wildman–Crippen MR) is 114 cm³/mol. The summed E-state index contributed by atoms with van der Waals surface area (Å²) < 4.78 is 66.9. The number of rotatable bonds is 5. The van der Waals surface area contributed by atoms with Crippen LogP contribution in [0.2, 0.25) is 0 Å². The van der Waals surface area contributed by atoms with Crippen molar-refractivity contribution in [3.05, 3.63) is 78.9 Å². The van der Waals surface area contributed by atoms with E-state index in [0.29, 0.717) is 5.30 Å². The molecular formula is C18H21K2O8PS2.